The molecule has 0 saturated heterocycles. The van der Waals surface area contributed by atoms with Crippen molar-refractivity contribution in [1.82, 2.24) is 0 Å². The lowest BCUT2D eigenvalue weighted by Gasteiger charge is -2.10. The molecule has 0 aliphatic heterocycles. The van der Waals surface area contributed by atoms with Gasteiger partial charge in [-0.15, -0.1) is 0 Å². The standard InChI is InChI=1S/C4H6Br2O2.C4H10O2/c1-4(6,2-5)3(7)8;1-2-3-4(5)6/h2H2,1H3,(H,7,8);4-6H,2-3H2,1H3. The fourth-order valence-corrected chi connectivity index (χ4v) is 0.555. The van der Waals surface area contributed by atoms with Crippen LogP contribution in [0.2, 0.25) is 0 Å². The Bertz CT molecular complexity index is 159. The minimum absolute atomic E-state index is 0.412. The third-order valence-corrected chi connectivity index (χ3v) is 3.74. The molecule has 1 atom stereocenters. The van der Waals surface area contributed by atoms with Gasteiger partial charge in [0.2, 0.25) is 0 Å². The number of hydrogen-bond acceptors (Lipinski definition) is 3. The zero-order chi connectivity index (χ0) is 11.8. The molecule has 0 aliphatic rings. The maximum absolute atomic E-state index is 10.2. The summed E-state index contributed by atoms with van der Waals surface area (Å²) in [5.41, 5.74) is 0. The van der Waals surface area contributed by atoms with E-state index in [-0.39, 0.29) is 0 Å². The van der Waals surface area contributed by atoms with Gasteiger partial charge in [0.15, 0.2) is 6.29 Å². The molecule has 0 aromatic rings. The zero-order valence-electron chi connectivity index (χ0n) is 8.20. The number of rotatable bonds is 4. The summed E-state index contributed by atoms with van der Waals surface area (Å²) in [7, 11) is 0. The van der Waals surface area contributed by atoms with Gasteiger partial charge < -0.3 is 15.3 Å². The SMILES string of the molecule is CC(Br)(CBr)C(=O)O.CCCC(O)O. The second kappa shape index (κ2) is 8.64. The van der Waals surface area contributed by atoms with E-state index >= 15 is 0 Å². The molecule has 0 heterocycles. The van der Waals surface area contributed by atoms with Crippen LogP contribution in [0.5, 0.6) is 0 Å². The van der Waals surface area contributed by atoms with Crippen LogP contribution in [0.3, 0.4) is 0 Å². The van der Waals surface area contributed by atoms with Gasteiger partial charge in [-0.25, -0.2) is 0 Å². The molecule has 0 aromatic heterocycles. The Morgan fingerprint density at radius 3 is 1.93 bits per heavy atom. The van der Waals surface area contributed by atoms with Gasteiger partial charge in [0.1, 0.15) is 4.32 Å². The number of carboxylic acid groups (broad SMARTS) is 1. The summed E-state index contributed by atoms with van der Waals surface area (Å²) < 4.78 is -0.812. The maximum Gasteiger partial charge on any atom is 0.321 e. The molecule has 86 valence electrons. The van der Waals surface area contributed by atoms with Gasteiger partial charge in [0.05, 0.1) is 0 Å². The Kier molecular flexibility index (Phi) is 10.4. The van der Waals surface area contributed by atoms with Gasteiger partial charge in [-0.05, 0) is 13.3 Å². The molecule has 0 rings (SSSR count). The van der Waals surface area contributed by atoms with Crippen LogP contribution in [0.1, 0.15) is 26.7 Å². The number of carbonyl (C=O) groups is 1. The number of hydrogen-bond donors (Lipinski definition) is 3. The van der Waals surface area contributed by atoms with Gasteiger partial charge in [0, 0.05) is 5.33 Å². The second-order valence-corrected chi connectivity index (χ2v) is 5.22. The van der Waals surface area contributed by atoms with Crippen molar-refractivity contribution < 1.29 is 20.1 Å². The van der Waals surface area contributed by atoms with Crippen molar-refractivity contribution in [3.05, 3.63) is 0 Å². The summed E-state index contributed by atoms with van der Waals surface area (Å²) in [6.45, 7) is 3.49. The topological polar surface area (TPSA) is 77.8 Å². The Morgan fingerprint density at radius 2 is 1.93 bits per heavy atom. The highest BCUT2D eigenvalue weighted by Gasteiger charge is 2.27. The lowest BCUT2D eigenvalue weighted by molar-refractivity contribution is -0.138. The number of aliphatic hydroxyl groups excluding tert-OH is 1. The lowest BCUT2D eigenvalue weighted by Crippen LogP contribution is -2.29. The molecule has 0 spiro atoms. The van der Waals surface area contributed by atoms with Crippen molar-refractivity contribution in [3.8, 4) is 0 Å². The summed E-state index contributed by atoms with van der Waals surface area (Å²) in [6, 6.07) is 0. The van der Waals surface area contributed by atoms with Crippen molar-refractivity contribution in [2.75, 3.05) is 5.33 Å². The van der Waals surface area contributed by atoms with E-state index in [1.165, 1.54) is 0 Å². The Labute approximate surface area is 101 Å². The summed E-state index contributed by atoms with van der Waals surface area (Å²) in [4.78, 5) is 10.2. The van der Waals surface area contributed by atoms with Crippen molar-refractivity contribution in [3.63, 3.8) is 0 Å². The van der Waals surface area contributed by atoms with E-state index in [1.54, 1.807) is 6.92 Å². The largest absolute Gasteiger partial charge is 0.480 e. The molecule has 0 fully saturated rings. The van der Waals surface area contributed by atoms with E-state index in [1.807, 2.05) is 6.92 Å². The van der Waals surface area contributed by atoms with Gasteiger partial charge in [-0.3, -0.25) is 4.79 Å². The predicted molar refractivity (Wildman–Crippen MR) is 61.9 cm³/mol. The number of alkyl halides is 2. The van der Waals surface area contributed by atoms with Crippen molar-refractivity contribution in [1.29, 1.82) is 0 Å². The summed E-state index contributed by atoms with van der Waals surface area (Å²) in [5, 5.41) is 25.0. The highest BCUT2D eigenvalue weighted by molar-refractivity contribution is 9.12. The molecule has 3 N–H and O–H groups in total. The zero-order valence-corrected chi connectivity index (χ0v) is 11.4. The predicted octanol–water partition coefficient (Wildman–Crippen LogP) is 1.72. The average molecular weight is 336 g/mol. The van der Waals surface area contributed by atoms with Gasteiger partial charge in [0.25, 0.3) is 0 Å². The van der Waals surface area contributed by atoms with Crippen molar-refractivity contribution in [2.24, 2.45) is 0 Å². The molecule has 4 nitrogen and oxygen atoms in total. The van der Waals surface area contributed by atoms with Crippen LogP contribution in [0.15, 0.2) is 0 Å². The highest BCUT2D eigenvalue weighted by Crippen LogP contribution is 2.19. The van der Waals surface area contributed by atoms with E-state index < -0.39 is 16.6 Å². The first-order valence-electron chi connectivity index (χ1n) is 4.12. The summed E-state index contributed by atoms with van der Waals surface area (Å²) in [6.07, 6.45) is 0.215. The Morgan fingerprint density at radius 1 is 1.50 bits per heavy atom. The molecule has 1 unspecified atom stereocenters. The van der Waals surface area contributed by atoms with Crippen LogP contribution in [0.4, 0.5) is 0 Å². The van der Waals surface area contributed by atoms with Crippen LogP contribution in [0, 0.1) is 0 Å². The fraction of sp³-hybridized carbons (Fsp3) is 0.875. The van der Waals surface area contributed by atoms with E-state index in [0.29, 0.717) is 11.8 Å². The number of carboxylic acids is 1. The van der Waals surface area contributed by atoms with Crippen molar-refractivity contribution >= 4 is 37.8 Å². The first-order valence-corrected chi connectivity index (χ1v) is 6.03. The van der Waals surface area contributed by atoms with Crippen LogP contribution >= 0.6 is 31.9 Å². The number of aliphatic carboxylic acids is 1. The van der Waals surface area contributed by atoms with Crippen LogP contribution < -0.4 is 0 Å². The molecule has 0 bridgehead atoms. The first-order chi connectivity index (χ1) is 6.27. The molecule has 14 heavy (non-hydrogen) atoms. The second-order valence-electron chi connectivity index (χ2n) is 2.91. The summed E-state index contributed by atoms with van der Waals surface area (Å²) >= 11 is 6.04. The van der Waals surface area contributed by atoms with Crippen molar-refractivity contribution in [2.45, 2.75) is 37.3 Å². The molecular formula is C8H16Br2O4. The van der Waals surface area contributed by atoms with E-state index in [2.05, 4.69) is 31.9 Å². The highest BCUT2D eigenvalue weighted by atomic mass is 79.9. The monoisotopic (exact) mass is 334 g/mol. The van der Waals surface area contributed by atoms with Gasteiger partial charge in [-0.2, -0.15) is 0 Å². The smallest absolute Gasteiger partial charge is 0.321 e. The molecule has 0 amide bonds. The Balaban J connectivity index is 0. The van der Waals surface area contributed by atoms with E-state index in [0.717, 1.165) is 6.42 Å². The summed E-state index contributed by atoms with van der Waals surface area (Å²) in [5.74, 6) is -0.852. The van der Waals surface area contributed by atoms with Gasteiger partial charge >= 0.3 is 5.97 Å². The quantitative estimate of drug-likeness (QED) is 0.540. The molecular weight excluding hydrogens is 320 g/mol. The lowest BCUT2D eigenvalue weighted by atomic mass is 10.2. The molecule has 0 aromatic carbocycles. The molecule has 0 radical (unpaired) electrons. The average Bonchev–Trinajstić information content (AvgIpc) is 2.05. The fourth-order valence-electron chi connectivity index (χ4n) is 0.315. The maximum atomic E-state index is 10.2. The Hall–Kier alpha value is 0.350. The van der Waals surface area contributed by atoms with Crippen LogP contribution in [-0.2, 0) is 4.79 Å². The van der Waals surface area contributed by atoms with Gasteiger partial charge in [-0.1, -0.05) is 45.2 Å². The van der Waals surface area contributed by atoms with Crippen LogP contribution in [0.25, 0.3) is 0 Å². The third kappa shape index (κ3) is 10.4. The number of aliphatic hydroxyl groups is 2. The normalized spacial score (nSPS) is 14.2. The number of halogens is 2. The van der Waals surface area contributed by atoms with E-state index in [4.69, 9.17) is 15.3 Å². The minimum Gasteiger partial charge on any atom is -0.480 e. The first kappa shape index (κ1) is 16.8. The van der Waals surface area contributed by atoms with Crippen LogP contribution in [-0.4, -0.2) is 37.2 Å². The molecule has 6 heteroatoms. The molecule has 0 saturated carbocycles. The minimum atomic E-state index is -1.10. The van der Waals surface area contributed by atoms with E-state index in [9.17, 15) is 4.79 Å². The molecule has 0 aliphatic carbocycles. The third-order valence-electron chi connectivity index (χ3n) is 1.24.